The highest BCUT2D eigenvalue weighted by molar-refractivity contribution is 7.92. The summed E-state index contributed by atoms with van der Waals surface area (Å²) in [5.74, 6) is 0.219. The molecule has 0 aliphatic heterocycles. The molecule has 2 atom stereocenters. The number of amides is 1. The van der Waals surface area contributed by atoms with E-state index in [9.17, 15) is 13.2 Å². The first-order valence-electron chi connectivity index (χ1n) is 8.75. The second-order valence-electron chi connectivity index (χ2n) is 6.64. The molecule has 28 heavy (non-hydrogen) atoms. The topological polar surface area (TPSA) is 75.7 Å². The number of hydrogen-bond acceptors (Lipinski definition) is 4. The molecule has 2 rings (SSSR count). The van der Waals surface area contributed by atoms with E-state index in [1.165, 1.54) is 0 Å². The molecule has 0 fully saturated rings. The fraction of sp³-hybridized carbons (Fsp3) is 0.350. The van der Waals surface area contributed by atoms with Gasteiger partial charge in [-0.3, -0.25) is 9.10 Å². The maximum atomic E-state index is 12.9. The fourth-order valence-corrected chi connectivity index (χ4v) is 4.43. The lowest BCUT2D eigenvalue weighted by molar-refractivity contribution is -0.122. The summed E-state index contributed by atoms with van der Waals surface area (Å²) in [7, 11) is -2.17. The minimum atomic E-state index is -3.73. The van der Waals surface area contributed by atoms with E-state index in [1.807, 2.05) is 25.1 Å². The average molecular weight is 425 g/mol. The van der Waals surface area contributed by atoms with Crippen molar-refractivity contribution < 1.29 is 17.9 Å². The summed E-state index contributed by atoms with van der Waals surface area (Å²) in [4.78, 5) is 12.9. The second-order valence-corrected chi connectivity index (χ2v) is 8.93. The number of nitrogens with one attached hydrogen (secondary N) is 1. The highest BCUT2D eigenvalue weighted by Gasteiger charge is 2.31. The van der Waals surface area contributed by atoms with Crippen LogP contribution in [0.25, 0.3) is 0 Å². The highest BCUT2D eigenvalue weighted by atomic mass is 35.5. The molecule has 0 spiro atoms. The summed E-state index contributed by atoms with van der Waals surface area (Å²) in [5, 5.41) is 3.26. The van der Waals surface area contributed by atoms with Crippen LogP contribution < -0.4 is 14.4 Å². The van der Waals surface area contributed by atoms with Crippen LogP contribution in [0, 0.1) is 6.92 Å². The maximum absolute atomic E-state index is 12.9. The number of aryl methyl sites for hydroxylation is 1. The Morgan fingerprint density at radius 1 is 1.18 bits per heavy atom. The zero-order chi connectivity index (χ0) is 21.1. The molecule has 0 saturated carbocycles. The molecular weight excluding hydrogens is 400 g/mol. The Bertz CT molecular complexity index is 962. The first kappa shape index (κ1) is 22.0. The first-order valence-corrected chi connectivity index (χ1v) is 11.0. The maximum Gasteiger partial charge on any atom is 0.244 e. The summed E-state index contributed by atoms with van der Waals surface area (Å²) in [5.41, 5.74) is 1.88. The van der Waals surface area contributed by atoms with Gasteiger partial charge in [0.25, 0.3) is 0 Å². The molecule has 1 amide bonds. The normalized spacial score (nSPS) is 13.5. The molecule has 1 N–H and O–H groups in total. The zero-order valence-electron chi connectivity index (χ0n) is 16.6. The van der Waals surface area contributed by atoms with Crippen LogP contribution in [0.2, 0.25) is 5.02 Å². The summed E-state index contributed by atoms with van der Waals surface area (Å²) in [6, 6.07) is 11.0. The number of hydrogen-bond donors (Lipinski definition) is 1. The Morgan fingerprint density at radius 3 is 2.43 bits per heavy atom. The van der Waals surface area contributed by atoms with E-state index in [-0.39, 0.29) is 6.04 Å². The minimum absolute atomic E-state index is 0.368. The largest absolute Gasteiger partial charge is 0.496 e. The van der Waals surface area contributed by atoms with Crippen LogP contribution in [0.5, 0.6) is 5.75 Å². The van der Waals surface area contributed by atoms with Gasteiger partial charge >= 0.3 is 0 Å². The lowest BCUT2D eigenvalue weighted by atomic mass is 10.1. The van der Waals surface area contributed by atoms with E-state index in [1.54, 1.807) is 45.2 Å². The van der Waals surface area contributed by atoms with Gasteiger partial charge in [-0.15, -0.1) is 0 Å². The molecule has 152 valence electrons. The van der Waals surface area contributed by atoms with Crippen molar-refractivity contribution in [3.05, 3.63) is 58.6 Å². The summed E-state index contributed by atoms with van der Waals surface area (Å²) in [6.45, 7) is 5.13. The third-order valence-electron chi connectivity index (χ3n) is 4.46. The molecular formula is C20H25ClN2O4S. The average Bonchev–Trinajstić information content (AvgIpc) is 2.63. The van der Waals surface area contributed by atoms with Gasteiger partial charge in [0.15, 0.2) is 0 Å². The lowest BCUT2D eigenvalue weighted by Gasteiger charge is -2.30. The molecule has 8 heteroatoms. The highest BCUT2D eigenvalue weighted by Crippen LogP contribution is 2.29. The molecule has 2 aromatic carbocycles. The van der Waals surface area contributed by atoms with Crippen LogP contribution in [0.15, 0.2) is 42.5 Å². The van der Waals surface area contributed by atoms with Crippen molar-refractivity contribution in [3.8, 4) is 5.75 Å². The number of para-hydroxylation sites is 1. The Hall–Kier alpha value is -2.25. The lowest BCUT2D eigenvalue weighted by Crippen LogP contribution is -2.48. The van der Waals surface area contributed by atoms with Crippen molar-refractivity contribution in [2.24, 2.45) is 0 Å². The van der Waals surface area contributed by atoms with Crippen molar-refractivity contribution >= 4 is 33.2 Å². The molecule has 6 nitrogen and oxygen atoms in total. The molecule has 0 aliphatic rings. The van der Waals surface area contributed by atoms with Gasteiger partial charge in [-0.25, -0.2) is 8.42 Å². The standard InChI is InChI=1S/C20H25ClN2O4S/c1-13-10-11-16(21)12-18(13)23(28(5,25)26)15(3)20(24)22-14(2)17-8-6-7-9-19(17)27-4/h6-12,14-15H,1-5H3,(H,22,24)/t14-,15+/m1/s1. The number of carbonyl (C=O) groups excluding carboxylic acids is 1. The van der Waals surface area contributed by atoms with E-state index in [2.05, 4.69) is 5.32 Å². The quantitative estimate of drug-likeness (QED) is 0.735. The molecule has 0 aromatic heterocycles. The molecule has 2 aromatic rings. The number of rotatable bonds is 7. The number of methoxy groups -OCH3 is 1. The number of carbonyl (C=O) groups is 1. The van der Waals surface area contributed by atoms with Crippen LogP contribution in [0.4, 0.5) is 5.69 Å². The van der Waals surface area contributed by atoms with Crippen LogP contribution in [-0.4, -0.2) is 33.7 Å². The van der Waals surface area contributed by atoms with E-state index in [4.69, 9.17) is 16.3 Å². The van der Waals surface area contributed by atoms with Crippen molar-refractivity contribution in [1.82, 2.24) is 5.32 Å². The Morgan fingerprint density at radius 2 is 1.82 bits per heavy atom. The fourth-order valence-electron chi connectivity index (χ4n) is 3.04. The van der Waals surface area contributed by atoms with Crippen molar-refractivity contribution in [3.63, 3.8) is 0 Å². The van der Waals surface area contributed by atoms with Gasteiger partial charge in [-0.1, -0.05) is 35.9 Å². The SMILES string of the molecule is COc1ccccc1[C@@H](C)NC(=O)[C@H](C)N(c1cc(Cl)ccc1C)S(C)(=O)=O. The predicted octanol–water partition coefficient (Wildman–Crippen LogP) is 3.69. The summed E-state index contributed by atoms with van der Waals surface area (Å²) >= 11 is 6.06. The molecule has 0 bridgehead atoms. The number of anilines is 1. The van der Waals surface area contributed by atoms with Gasteiger partial charge in [0.1, 0.15) is 11.8 Å². The molecule has 0 saturated heterocycles. The number of ether oxygens (including phenoxy) is 1. The van der Waals surface area contributed by atoms with Gasteiger partial charge in [0.05, 0.1) is 25.1 Å². The van der Waals surface area contributed by atoms with E-state index in [0.29, 0.717) is 22.0 Å². The number of benzene rings is 2. The second kappa shape index (κ2) is 8.84. The molecule has 0 radical (unpaired) electrons. The summed E-state index contributed by atoms with van der Waals surface area (Å²) < 4.78 is 31.4. The van der Waals surface area contributed by atoms with E-state index in [0.717, 1.165) is 16.1 Å². The smallest absolute Gasteiger partial charge is 0.244 e. The third kappa shape index (κ3) is 4.97. The van der Waals surface area contributed by atoms with Gasteiger partial charge < -0.3 is 10.1 Å². The first-order chi connectivity index (χ1) is 13.1. The molecule has 0 heterocycles. The van der Waals surface area contributed by atoms with Gasteiger partial charge in [-0.2, -0.15) is 0 Å². The minimum Gasteiger partial charge on any atom is -0.496 e. The van der Waals surface area contributed by atoms with Crippen molar-refractivity contribution in [2.45, 2.75) is 32.9 Å². The monoisotopic (exact) mass is 424 g/mol. The van der Waals surface area contributed by atoms with Crippen molar-refractivity contribution in [2.75, 3.05) is 17.7 Å². The number of nitrogens with zero attached hydrogens (tertiary/aromatic N) is 1. The van der Waals surface area contributed by atoms with Gasteiger partial charge in [-0.05, 0) is 44.5 Å². The van der Waals surface area contributed by atoms with Crippen molar-refractivity contribution in [1.29, 1.82) is 0 Å². The van der Waals surface area contributed by atoms with Gasteiger partial charge in [0, 0.05) is 10.6 Å². The Kier molecular flexibility index (Phi) is 6.96. The molecule has 0 unspecified atom stereocenters. The van der Waals surface area contributed by atoms with Crippen LogP contribution in [0.3, 0.4) is 0 Å². The summed E-state index contributed by atoms with van der Waals surface area (Å²) in [6.07, 6.45) is 1.07. The third-order valence-corrected chi connectivity index (χ3v) is 5.92. The number of halogens is 1. The zero-order valence-corrected chi connectivity index (χ0v) is 18.1. The Balaban J connectivity index is 2.33. The van der Waals surface area contributed by atoms with E-state index < -0.39 is 22.0 Å². The van der Waals surface area contributed by atoms with Crippen LogP contribution >= 0.6 is 11.6 Å². The van der Waals surface area contributed by atoms with Crippen LogP contribution in [-0.2, 0) is 14.8 Å². The Labute approximate surface area is 171 Å². The van der Waals surface area contributed by atoms with Crippen LogP contribution in [0.1, 0.15) is 31.0 Å². The van der Waals surface area contributed by atoms with E-state index >= 15 is 0 Å². The number of sulfonamides is 1. The van der Waals surface area contributed by atoms with Gasteiger partial charge in [0.2, 0.25) is 15.9 Å². The predicted molar refractivity (Wildman–Crippen MR) is 113 cm³/mol. The molecule has 0 aliphatic carbocycles.